The number of para-hydroxylation sites is 1. The third-order valence-electron chi connectivity index (χ3n) is 3.88. The molecule has 0 spiro atoms. The Morgan fingerprint density at radius 3 is 2.44 bits per heavy atom. The number of rotatable bonds is 4. The molecule has 3 rings (SSSR count). The van der Waals surface area contributed by atoms with Gasteiger partial charge in [0.05, 0.1) is 29.0 Å². The molecule has 0 aliphatic rings. The third kappa shape index (κ3) is 3.50. The quantitative estimate of drug-likeness (QED) is 0.773. The average molecular weight is 347 g/mol. The van der Waals surface area contributed by atoms with E-state index in [4.69, 9.17) is 0 Å². The van der Waals surface area contributed by atoms with Crippen LogP contribution in [0.4, 0.5) is 13.2 Å². The number of fused-ring (bicyclic) bond motifs is 1. The molecule has 0 fully saturated rings. The fourth-order valence-electron chi connectivity index (χ4n) is 2.56. The molecule has 0 radical (unpaired) electrons. The van der Waals surface area contributed by atoms with Crippen LogP contribution in [0.25, 0.3) is 16.6 Å². The molecule has 25 heavy (non-hydrogen) atoms. The number of hydrogen-bond acceptors (Lipinski definition) is 2. The summed E-state index contributed by atoms with van der Waals surface area (Å²) in [6.45, 7) is 2.02. The van der Waals surface area contributed by atoms with E-state index in [1.54, 1.807) is 11.6 Å². The predicted molar refractivity (Wildman–Crippen MR) is 88.2 cm³/mol. The molecule has 0 unspecified atom stereocenters. The Balaban J connectivity index is 2.00. The second-order valence-corrected chi connectivity index (χ2v) is 5.55. The zero-order chi connectivity index (χ0) is 18.0. The Kier molecular flexibility index (Phi) is 4.48. The van der Waals surface area contributed by atoms with E-state index in [0.29, 0.717) is 17.8 Å². The highest BCUT2D eigenvalue weighted by Crippen LogP contribution is 2.30. The van der Waals surface area contributed by atoms with Gasteiger partial charge in [0.2, 0.25) is 5.91 Å². The van der Waals surface area contributed by atoms with Gasteiger partial charge in [-0.1, -0.05) is 25.1 Å². The zero-order valence-corrected chi connectivity index (χ0v) is 13.5. The molecule has 0 bridgehead atoms. The van der Waals surface area contributed by atoms with Gasteiger partial charge in [0.15, 0.2) is 0 Å². The molecule has 0 saturated carbocycles. The van der Waals surface area contributed by atoms with Gasteiger partial charge in [0.1, 0.15) is 0 Å². The van der Waals surface area contributed by atoms with Crippen molar-refractivity contribution in [2.75, 3.05) is 0 Å². The molecular formula is C18H16F3N3O. The van der Waals surface area contributed by atoms with Crippen LogP contribution in [0.2, 0.25) is 0 Å². The highest BCUT2D eigenvalue weighted by molar-refractivity contribution is 5.84. The first-order valence-corrected chi connectivity index (χ1v) is 7.81. The number of carbonyl (C=O) groups excluding carboxylic acids is 1. The number of hydrogen-bond donors (Lipinski definition) is 1. The minimum atomic E-state index is -4.37. The fraction of sp³-hybridized carbons (Fsp3) is 0.222. The maximum Gasteiger partial charge on any atom is 0.416 e. The molecule has 1 amide bonds. The smallest absolute Gasteiger partial charge is 0.350 e. The van der Waals surface area contributed by atoms with Crippen LogP contribution in [0.1, 0.15) is 24.6 Å². The molecule has 2 aromatic carbocycles. The Bertz CT molecular complexity index is 898. The van der Waals surface area contributed by atoms with E-state index in [1.165, 1.54) is 12.1 Å². The minimum Gasteiger partial charge on any atom is -0.350 e. The maximum absolute atomic E-state index is 12.7. The lowest BCUT2D eigenvalue weighted by molar-refractivity contribution is -0.137. The normalized spacial score (nSPS) is 11.7. The van der Waals surface area contributed by atoms with E-state index in [1.807, 2.05) is 24.3 Å². The highest BCUT2D eigenvalue weighted by Gasteiger charge is 2.30. The fourth-order valence-corrected chi connectivity index (χ4v) is 2.56. The summed E-state index contributed by atoms with van der Waals surface area (Å²) in [7, 11) is 0. The summed E-state index contributed by atoms with van der Waals surface area (Å²) >= 11 is 0. The summed E-state index contributed by atoms with van der Waals surface area (Å²) in [6, 6.07) is 12.2. The van der Waals surface area contributed by atoms with E-state index in [0.717, 1.165) is 23.0 Å². The Hall–Kier alpha value is -2.83. The Morgan fingerprint density at radius 1 is 1.12 bits per heavy atom. The van der Waals surface area contributed by atoms with Crippen molar-refractivity contribution in [3.8, 4) is 5.69 Å². The summed E-state index contributed by atoms with van der Waals surface area (Å²) in [5.74, 6) is -0.0897. The number of nitrogens with one attached hydrogen (secondary N) is 1. The van der Waals surface area contributed by atoms with Crippen molar-refractivity contribution in [1.29, 1.82) is 0 Å². The lowest BCUT2D eigenvalue weighted by atomic mass is 10.2. The molecule has 1 heterocycles. The summed E-state index contributed by atoms with van der Waals surface area (Å²) < 4.78 is 39.8. The second-order valence-electron chi connectivity index (χ2n) is 5.55. The van der Waals surface area contributed by atoms with Crippen molar-refractivity contribution >= 4 is 16.8 Å². The molecule has 1 N–H and O–H groups in total. The van der Waals surface area contributed by atoms with Gasteiger partial charge in [-0.05, 0) is 30.3 Å². The lowest BCUT2D eigenvalue weighted by Crippen LogP contribution is -2.21. The number of halogens is 3. The van der Waals surface area contributed by atoms with Gasteiger partial charge < -0.3 is 5.32 Å². The summed E-state index contributed by atoms with van der Waals surface area (Å²) in [5, 5.41) is 8.10. The van der Waals surface area contributed by atoms with E-state index in [2.05, 4.69) is 10.4 Å². The number of carbonyl (C=O) groups is 1. The molecule has 0 aliphatic carbocycles. The van der Waals surface area contributed by atoms with Gasteiger partial charge in [0, 0.05) is 11.8 Å². The van der Waals surface area contributed by atoms with E-state index >= 15 is 0 Å². The van der Waals surface area contributed by atoms with Gasteiger partial charge >= 0.3 is 6.18 Å². The van der Waals surface area contributed by atoms with Crippen LogP contribution in [0, 0.1) is 0 Å². The van der Waals surface area contributed by atoms with Crippen molar-refractivity contribution in [3.05, 3.63) is 59.8 Å². The Labute approximate surface area is 142 Å². The van der Waals surface area contributed by atoms with Crippen LogP contribution in [-0.4, -0.2) is 15.7 Å². The number of benzene rings is 2. The average Bonchev–Trinajstić information content (AvgIpc) is 2.98. The highest BCUT2D eigenvalue weighted by atomic mass is 19.4. The standard InChI is InChI=1S/C18H16F3N3O/c1-2-17(25)22-11-15-14-5-3-4-6-16(14)24(23-15)13-9-7-12(8-10-13)18(19,20)21/h3-10H,2,11H2,1H3,(H,22,25). The Morgan fingerprint density at radius 2 is 1.80 bits per heavy atom. The first-order valence-electron chi connectivity index (χ1n) is 7.81. The molecule has 0 saturated heterocycles. The summed E-state index contributed by atoms with van der Waals surface area (Å²) in [5.41, 5.74) is 1.25. The minimum absolute atomic E-state index is 0.0897. The predicted octanol–water partition coefficient (Wildman–Crippen LogP) is 4.07. The van der Waals surface area contributed by atoms with Gasteiger partial charge in [0.25, 0.3) is 0 Å². The van der Waals surface area contributed by atoms with Gasteiger partial charge in [-0.2, -0.15) is 18.3 Å². The molecular weight excluding hydrogens is 331 g/mol. The van der Waals surface area contributed by atoms with Crippen LogP contribution in [0.5, 0.6) is 0 Å². The molecule has 130 valence electrons. The second kappa shape index (κ2) is 6.58. The van der Waals surface area contributed by atoms with E-state index in [-0.39, 0.29) is 12.5 Å². The van der Waals surface area contributed by atoms with Crippen molar-refractivity contribution in [1.82, 2.24) is 15.1 Å². The summed E-state index contributed by atoms with van der Waals surface area (Å²) in [6.07, 6.45) is -4.00. The topological polar surface area (TPSA) is 46.9 Å². The molecule has 1 aromatic heterocycles. The number of amides is 1. The van der Waals surface area contributed by atoms with Crippen LogP contribution >= 0.6 is 0 Å². The number of nitrogens with zero attached hydrogens (tertiary/aromatic N) is 2. The van der Waals surface area contributed by atoms with Gasteiger partial charge in [-0.25, -0.2) is 4.68 Å². The lowest BCUT2D eigenvalue weighted by Gasteiger charge is -2.08. The van der Waals surface area contributed by atoms with Crippen molar-refractivity contribution in [2.45, 2.75) is 26.1 Å². The van der Waals surface area contributed by atoms with E-state index < -0.39 is 11.7 Å². The first kappa shape index (κ1) is 17.0. The summed E-state index contributed by atoms with van der Waals surface area (Å²) in [4.78, 5) is 11.5. The monoisotopic (exact) mass is 347 g/mol. The van der Waals surface area contributed by atoms with Crippen LogP contribution in [-0.2, 0) is 17.5 Å². The molecule has 4 nitrogen and oxygen atoms in total. The van der Waals surface area contributed by atoms with Gasteiger partial charge in [-0.3, -0.25) is 4.79 Å². The SMILES string of the molecule is CCC(=O)NCc1nn(-c2ccc(C(F)(F)F)cc2)c2ccccc12. The molecule has 0 atom stereocenters. The van der Waals surface area contributed by atoms with E-state index in [9.17, 15) is 18.0 Å². The zero-order valence-electron chi connectivity index (χ0n) is 13.5. The molecule has 3 aromatic rings. The van der Waals surface area contributed by atoms with Crippen LogP contribution in [0.3, 0.4) is 0 Å². The number of alkyl halides is 3. The van der Waals surface area contributed by atoms with Crippen molar-refractivity contribution < 1.29 is 18.0 Å². The molecule has 7 heteroatoms. The maximum atomic E-state index is 12.7. The van der Waals surface area contributed by atoms with Crippen LogP contribution < -0.4 is 5.32 Å². The van der Waals surface area contributed by atoms with Crippen LogP contribution in [0.15, 0.2) is 48.5 Å². The first-order chi connectivity index (χ1) is 11.9. The van der Waals surface area contributed by atoms with Crippen molar-refractivity contribution in [3.63, 3.8) is 0 Å². The van der Waals surface area contributed by atoms with Crippen molar-refractivity contribution in [2.24, 2.45) is 0 Å². The van der Waals surface area contributed by atoms with Gasteiger partial charge in [-0.15, -0.1) is 0 Å². The molecule has 0 aliphatic heterocycles. The number of aromatic nitrogens is 2. The largest absolute Gasteiger partial charge is 0.416 e. The third-order valence-corrected chi connectivity index (χ3v) is 3.88.